The first kappa shape index (κ1) is 11.3. The summed E-state index contributed by atoms with van der Waals surface area (Å²) in [4.78, 5) is 24.7. The largest absolute Gasteiger partial charge is 0.379 e. The Kier molecular flexibility index (Phi) is 3.11. The van der Waals surface area contributed by atoms with E-state index in [0.29, 0.717) is 32.7 Å². The molecule has 0 aromatic carbocycles. The highest BCUT2D eigenvalue weighted by Gasteiger charge is 2.38. The summed E-state index contributed by atoms with van der Waals surface area (Å²) in [5.41, 5.74) is 11.0. The van der Waals surface area contributed by atoms with Crippen molar-refractivity contribution in [3.05, 3.63) is 0 Å². The van der Waals surface area contributed by atoms with Gasteiger partial charge in [-0.3, -0.25) is 9.59 Å². The highest BCUT2D eigenvalue weighted by molar-refractivity contribution is 5.83. The lowest BCUT2D eigenvalue weighted by Crippen LogP contribution is -2.43. The van der Waals surface area contributed by atoms with E-state index in [0.717, 1.165) is 0 Å². The van der Waals surface area contributed by atoms with Crippen LogP contribution in [0.2, 0.25) is 0 Å². The Labute approximate surface area is 93.9 Å². The van der Waals surface area contributed by atoms with E-state index in [1.54, 1.807) is 4.90 Å². The molecule has 16 heavy (non-hydrogen) atoms. The van der Waals surface area contributed by atoms with Crippen LogP contribution in [-0.2, 0) is 14.3 Å². The van der Waals surface area contributed by atoms with Crippen LogP contribution >= 0.6 is 0 Å². The number of carbonyl (C=O) groups is 2. The number of nitrogens with zero attached hydrogens (tertiary/aromatic N) is 1. The number of hydrogen-bond acceptors (Lipinski definition) is 4. The molecule has 2 rings (SSSR count). The third kappa shape index (κ3) is 2.03. The fourth-order valence-electron chi connectivity index (χ4n) is 2.25. The Hall–Kier alpha value is -1.14. The van der Waals surface area contributed by atoms with Crippen molar-refractivity contribution in [2.45, 2.75) is 12.5 Å². The molecule has 0 spiro atoms. The van der Waals surface area contributed by atoms with Crippen molar-refractivity contribution < 1.29 is 14.3 Å². The predicted octanol–water partition coefficient (Wildman–Crippen LogP) is -1.71. The number of hydrogen-bond donors (Lipinski definition) is 2. The molecule has 2 fully saturated rings. The Morgan fingerprint density at radius 2 is 2.06 bits per heavy atom. The van der Waals surface area contributed by atoms with E-state index in [-0.39, 0.29) is 29.7 Å². The maximum absolute atomic E-state index is 12.0. The summed E-state index contributed by atoms with van der Waals surface area (Å²) in [6.45, 7) is 1.84. The van der Waals surface area contributed by atoms with Crippen LogP contribution in [0.3, 0.4) is 0 Å². The SMILES string of the molecule is NC(=O)C1CCN(C(=O)C2COCC2N)C1. The van der Waals surface area contributed by atoms with E-state index < -0.39 is 0 Å². The van der Waals surface area contributed by atoms with Gasteiger partial charge < -0.3 is 21.1 Å². The number of ether oxygens (including phenoxy) is 1. The van der Waals surface area contributed by atoms with E-state index in [4.69, 9.17) is 16.2 Å². The minimum atomic E-state index is -0.331. The Morgan fingerprint density at radius 1 is 1.31 bits per heavy atom. The molecule has 0 aliphatic carbocycles. The van der Waals surface area contributed by atoms with Gasteiger partial charge in [-0.25, -0.2) is 0 Å². The van der Waals surface area contributed by atoms with Gasteiger partial charge in [0.2, 0.25) is 11.8 Å². The quantitative estimate of drug-likeness (QED) is 0.587. The molecule has 0 aromatic rings. The van der Waals surface area contributed by atoms with E-state index in [1.807, 2.05) is 0 Å². The van der Waals surface area contributed by atoms with Crippen molar-refractivity contribution in [2.75, 3.05) is 26.3 Å². The van der Waals surface area contributed by atoms with Crippen molar-refractivity contribution in [2.24, 2.45) is 23.3 Å². The minimum absolute atomic E-state index is 0.00579. The molecule has 0 bridgehead atoms. The number of carbonyl (C=O) groups excluding carboxylic acids is 2. The third-order valence-corrected chi connectivity index (χ3v) is 3.34. The van der Waals surface area contributed by atoms with Crippen LogP contribution in [0.25, 0.3) is 0 Å². The van der Waals surface area contributed by atoms with Gasteiger partial charge in [-0.05, 0) is 6.42 Å². The van der Waals surface area contributed by atoms with Crippen molar-refractivity contribution in [3.63, 3.8) is 0 Å². The molecule has 0 radical (unpaired) electrons. The van der Waals surface area contributed by atoms with E-state index >= 15 is 0 Å². The Morgan fingerprint density at radius 3 is 2.56 bits per heavy atom. The molecular weight excluding hydrogens is 210 g/mol. The second-order valence-electron chi connectivity index (χ2n) is 4.48. The van der Waals surface area contributed by atoms with Gasteiger partial charge in [0, 0.05) is 19.1 Å². The average Bonchev–Trinajstić information content (AvgIpc) is 2.84. The zero-order valence-electron chi connectivity index (χ0n) is 9.09. The van der Waals surface area contributed by atoms with Crippen LogP contribution in [0.1, 0.15) is 6.42 Å². The molecule has 3 unspecified atom stereocenters. The molecule has 6 nitrogen and oxygen atoms in total. The maximum atomic E-state index is 12.0. The van der Waals surface area contributed by atoms with Crippen LogP contribution in [0.4, 0.5) is 0 Å². The number of amides is 2. The van der Waals surface area contributed by atoms with Crippen molar-refractivity contribution in [1.29, 1.82) is 0 Å². The monoisotopic (exact) mass is 227 g/mol. The molecule has 6 heteroatoms. The van der Waals surface area contributed by atoms with Crippen molar-refractivity contribution in [3.8, 4) is 0 Å². The second kappa shape index (κ2) is 4.39. The predicted molar refractivity (Wildman–Crippen MR) is 56.2 cm³/mol. The number of primary amides is 1. The summed E-state index contributed by atoms with van der Waals surface area (Å²) in [7, 11) is 0. The lowest BCUT2D eigenvalue weighted by molar-refractivity contribution is -0.135. The van der Waals surface area contributed by atoms with E-state index in [2.05, 4.69) is 0 Å². The first-order valence-corrected chi connectivity index (χ1v) is 5.51. The molecule has 2 amide bonds. The zero-order valence-corrected chi connectivity index (χ0v) is 9.09. The van der Waals surface area contributed by atoms with Crippen LogP contribution < -0.4 is 11.5 Å². The van der Waals surface area contributed by atoms with Crippen LogP contribution in [0.15, 0.2) is 0 Å². The summed E-state index contributed by atoms with van der Waals surface area (Å²) in [5.74, 6) is -0.801. The van der Waals surface area contributed by atoms with Crippen LogP contribution in [-0.4, -0.2) is 49.1 Å². The van der Waals surface area contributed by atoms with Crippen molar-refractivity contribution in [1.82, 2.24) is 4.90 Å². The Balaban J connectivity index is 1.94. The highest BCUT2D eigenvalue weighted by Crippen LogP contribution is 2.21. The molecular formula is C10H17N3O3. The first-order valence-electron chi connectivity index (χ1n) is 5.51. The molecule has 2 aliphatic heterocycles. The minimum Gasteiger partial charge on any atom is -0.379 e. The third-order valence-electron chi connectivity index (χ3n) is 3.34. The van der Waals surface area contributed by atoms with Gasteiger partial charge in [0.25, 0.3) is 0 Å². The average molecular weight is 227 g/mol. The normalized spacial score (nSPS) is 34.3. The molecule has 2 aliphatic rings. The van der Waals surface area contributed by atoms with Gasteiger partial charge in [0.15, 0.2) is 0 Å². The van der Waals surface area contributed by atoms with Crippen molar-refractivity contribution >= 4 is 11.8 Å². The number of likely N-dealkylation sites (tertiary alicyclic amines) is 1. The molecule has 90 valence electrons. The number of nitrogens with two attached hydrogens (primary N) is 2. The summed E-state index contributed by atoms with van der Waals surface area (Å²) < 4.78 is 5.16. The van der Waals surface area contributed by atoms with Gasteiger partial charge in [-0.2, -0.15) is 0 Å². The summed E-state index contributed by atoms with van der Waals surface area (Å²) in [5, 5.41) is 0. The fraction of sp³-hybridized carbons (Fsp3) is 0.800. The van der Waals surface area contributed by atoms with Crippen LogP contribution in [0, 0.1) is 11.8 Å². The molecule has 3 atom stereocenters. The maximum Gasteiger partial charge on any atom is 0.229 e. The Bertz CT molecular complexity index is 308. The summed E-state index contributed by atoms with van der Waals surface area (Å²) in [6.07, 6.45) is 0.657. The lowest BCUT2D eigenvalue weighted by atomic mass is 10.0. The number of rotatable bonds is 2. The zero-order chi connectivity index (χ0) is 11.7. The summed E-state index contributed by atoms with van der Waals surface area (Å²) in [6, 6.07) is -0.222. The van der Waals surface area contributed by atoms with Gasteiger partial charge in [0.1, 0.15) is 0 Å². The van der Waals surface area contributed by atoms with Gasteiger partial charge in [-0.1, -0.05) is 0 Å². The van der Waals surface area contributed by atoms with E-state index in [9.17, 15) is 9.59 Å². The molecule has 0 aromatic heterocycles. The van der Waals surface area contributed by atoms with Gasteiger partial charge in [-0.15, -0.1) is 0 Å². The molecule has 0 saturated carbocycles. The lowest BCUT2D eigenvalue weighted by Gasteiger charge is -2.21. The standard InChI is InChI=1S/C10H17N3O3/c11-8-5-16-4-7(8)10(15)13-2-1-6(3-13)9(12)14/h6-8H,1-5,11H2,(H2,12,14). The van der Waals surface area contributed by atoms with Crippen LogP contribution in [0.5, 0.6) is 0 Å². The van der Waals surface area contributed by atoms with E-state index in [1.165, 1.54) is 0 Å². The molecule has 2 saturated heterocycles. The smallest absolute Gasteiger partial charge is 0.229 e. The molecule has 4 N–H and O–H groups in total. The second-order valence-corrected chi connectivity index (χ2v) is 4.48. The highest BCUT2D eigenvalue weighted by atomic mass is 16.5. The van der Waals surface area contributed by atoms with Gasteiger partial charge in [0.05, 0.1) is 25.0 Å². The summed E-state index contributed by atoms with van der Waals surface area (Å²) >= 11 is 0. The fourth-order valence-corrected chi connectivity index (χ4v) is 2.25. The van der Waals surface area contributed by atoms with Gasteiger partial charge >= 0.3 is 0 Å². The first-order chi connectivity index (χ1) is 7.59. The topological polar surface area (TPSA) is 98.7 Å². The molecule has 2 heterocycles.